The molecule has 2 atom stereocenters. The number of anilines is 1. The number of hydrogen-bond acceptors (Lipinski definition) is 4. The van der Waals surface area contributed by atoms with Gasteiger partial charge in [0.05, 0.1) is 18.0 Å². The van der Waals surface area contributed by atoms with Crippen LogP contribution in [0.2, 0.25) is 0 Å². The molecule has 0 bridgehead atoms. The van der Waals surface area contributed by atoms with Gasteiger partial charge < -0.3 is 15.0 Å². The van der Waals surface area contributed by atoms with E-state index in [0.29, 0.717) is 12.0 Å². The van der Waals surface area contributed by atoms with Crippen molar-refractivity contribution < 1.29 is 4.74 Å². The van der Waals surface area contributed by atoms with Crippen LogP contribution in [-0.2, 0) is 11.3 Å². The summed E-state index contributed by atoms with van der Waals surface area (Å²) in [5, 5.41) is 3.57. The standard InChI is InChI=1S/C17H29N3O/c1-13-7-9-20(12-16(13)21-5)15-11-18-8-6-14(15)10-19-17(2,3)4/h6,8,11,13,16,19H,7,9-10,12H2,1-5H3. The molecule has 1 aliphatic heterocycles. The molecular weight excluding hydrogens is 262 g/mol. The topological polar surface area (TPSA) is 37.4 Å². The Labute approximate surface area is 128 Å². The molecule has 0 amide bonds. The van der Waals surface area contributed by atoms with Crippen molar-refractivity contribution in [3.05, 3.63) is 24.0 Å². The van der Waals surface area contributed by atoms with Gasteiger partial charge in [-0.3, -0.25) is 4.98 Å². The first-order chi connectivity index (χ1) is 9.90. The lowest BCUT2D eigenvalue weighted by molar-refractivity contribution is 0.0498. The fourth-order valence-electron chi connectivity index (χ4n) is 2.77. The number of methoxy groups -OCH3 is 1. The van der Waals surface area contributed by atoms with E-state index in [9.17, 15) is 0 Å². The van der Waals surface area contributed by atoms with Crippen LogP contribution in [0, 0.1) is 5.92 Å². The molecule has 0 saturated carbocycles. The number of ether oxygens (including phenoxy) is 1. The van der Waals surface area contributed by atoms with E-state index in [0.717, 1.165) is 19.6 Å². The quantitative estimate of drug-likeness (QED) is 0.925. The van der Waals surface area contributed by atoms with Crippen LogP contribution < -0.4 is 10.2 Å². The fraction of sp³-hybridized carbons (Fsp3) is 0.706. The van der Waals surface area contributed by atoms with Crippen LogP contribution in [0.15, 0.2) is 18.5 Å². The predicted octanol–water partition coefficient (Wildman–Crippen LogP) is 2.83. The Bertz CT molecular complexity index is 456. The molecule has 21 heavy (non-hydrogen) atoms. The van der Waals surface area contributed by atoms with Crippen LogP contribution in [0.25, 0.3) is 0 Å². The summed E-state index contributed by atoms with van der Waals surface area (Å²) in [5.41, 5.74) is 2.67. The maximum absolute atomic E-state index is 5.63. The molecule has 0 radical (unpaired) electrons. The number of nitrogens with zero attached hydrogens (tertiary/aromatic N) is 2. The van der Waals surface area contributed by atoms with Crippen molar-refractivity contribution in [1.82, 2.24) is 10.3 Å². The van der Waals surface area contributed by atoms with Gasteiger partial charge in [-0.15, -0.1) is 0 Å². The van der Waals surface area contributed by atoms with E-state index in [1.165, 1.54) is 17.7 Å². The number of nitrogens with one attached hydrogen (secondary N) is 1. The minimum absolute atomic E-state index is 0.117. The Balaban J connectivity index is 2.12. The van der Waals surface area contributed by atoms with Crippen molar-refractivity contribution in [3.63, 3.8) is 0 Å². The average Bonchev–Trinajstić information content (AvgIpc) is 2.45. The highest BCUT2D eigenvalue weighted by atomic mass is 16.5. The highest BCUT2D eigenvalue weighted by Crippen LogP contribution is 2.27. The highest BCUT2D eigenvalue weighted by Gasteiger charge is 2.27. The van der Waals surface area contributed by atoms with E-state index in [1.54, 1.807) is 0 Å². The summed E-state index contributed by atoms with van der Waals surface area (Å²) in [6, 6.07) is 2.12. The Morgan fingerprint density at radius 3 is 2.86 bits per heavy atom. The minimum atomic E-state index is 0.117. The van der Waals surface area contributed by atoms with Gasteiger partial charge in [-0.25, -0.2) is 0 Å². The van der Waals surface area contributed by atoms with Gasteiger partial charge in [0.25, 0.3) is 0 Å². The summed E-state index contributed by atoms with van der Waals surface area (Å²) in [5.74, 6) is 0.624. The molecule has 0 spiro atoms. The Kier molecular flexibility index (Phi) is 5.22. The average molecular weight is 291 g/mol. The zero-order chi connectivity index (χ0) is 15.5. The van der Waals surface area contributed by atoms with Crippen LogP contribution in [0.3, 0.4) is 0 Å². The molecule has 2 heterocycles. The first-order valence-electron chi connectivity index (χ1n) is 7.86. The van der Waals surface area contributed by atoms with Crippen molar-refractivity contribution in [3.8, 4) is 0 Å². The molecule has 2 rings (SSSR count). The van der Waals surface area contributed by atoms with Crippen molar-refractivity contribution in [2.45, 2.75) is 52.3 Å². The third-order valence-corrected chi connectivity index (χ3v) is 4.23. The zero-order valence-electron chi connectivity index (χ0n) is 14.0. The normalized spacial score (nSPS) is 23.4. The molecule has 1 N–H and O–H groups in total. The van der Waals surface area contributed by atoms with E-state index in [-0.39, 0.29) is 5.54 Å². The maximum atomic E-state index is 5.63. The third kappa shape index (κ3) is 4.42. The molecular formula is C17H29N3O. The first-order valence-corrected chi connectivity index (χ1v) is 7.86. The first kappa shape index (κ1) is 16.2. The van der Waals surface area contributed by atoms with Crippen molar-refractivity contribution in [2.24, 2.45) is 5.92 Å². The monoisotopic (exact) mass is 291 g/mol. The van der Waals surface area contributed by atoms with Crippen LogP contribution in [0.4, 0.5) is 5.69 Å². The largest absolute Gasteiger partial charge is 0.379 e. The third-order valence-electron chi connectivity index (χ3n) is 4.23. The SMILES string of the molecule is COC1CN(c2cnccc2CNC(C)(C)C)CCC1C. The minimum Gasteiger partial charge on any atom is -0.379 e. The smallest absolute Gasteiger partial charge is 0.0772 e. The molecule has 1 aromatic rings. The molecule has 1 aliphatic rings. The molecule has 4 heteroatoms. The number of hydrogen-bond donors (Lipinski definition) is 1. The Morgan fingerprint density at radius 2 is 2.19 bits per heavy atom. The van der Waals surface area contributed by atoms with Gasteiger partial charge in [0.1, 0.15) is 0 Å². The second-order valence-corrected chi connectivity index (χ2v) is 7.09. The van der Waals surface area contributed by atoms with Gasteiger partial charge in [-0.05, 0) is 44.7 Å². The number of rotatable bonds is 4. The molecule has 2 unspecified atom stereocenters. The van der Waals surface area contributed by atoms with Crippen LogP contribution in [0.5, 0.6) is 0 Å². The second kappa shape index (κ2) is 6.75. The van der Waals surface area contributed by atoms with Gasteiger partial charge in [0.2, 0.25) is 0 Å². The van der Waals surface area contributed by atoms with E-state index >= 15 is 0 Å². The summed E-state index contributed by atoms with van der Waals surface area (Å²) in [4.78, 5) is 6.74. The maximum Gasteiger partial charge on any atom is 0.0772 e. The van der Waals surface area contributed by atoms with Gasteiger partial charge in [-0.1, -0.05) is 6.92 Å². The molecule has 118 valence electrons. The molecule has 1 fully saturated rings. The van der Waals surface area contributed by atoms with Gasteiger partial charge >= 0.3 is 0 Å². The highest BCUT2D eigenvalue weighted by molar-refractivity contribution is 5.52. The molecule has 0 aromatic carbocycles. The van der Waals surface area contributed by atoms with Gasteiger partial charge in [0, 0.05) is 38.5 Å². The number of piperidine rings is 1. The van der Waals surface area contributed by atoms with E-state index in [4.69, 9.17) is 4.74 Å². The summed E-state index contributed by atoms with van der Waals surface area (Å²) < 4.78 is 5.63. The molecule has 4 nitrogen and oxygen atoms in total. The summed E-state index contributed by atoms with van der Waals surface area (Å²) >= 11 is 0. The van der Waals surface area contributed by atoms with E-state index < -0.39 is 0 Å². The van der Waals surface area contributed by atoms with Crippen LogP contribution in [-0.4, -0.2) is 36.8 Å². The van der Waals surface area contributed by atoms with Gasteiger partial charge in [0.15, 0.2) is 0 Å². The lowest BCUT2D eigenvalue weighted by atomic mass is 9.95. The van der Waals surface area contributed by atoms with Crippen LogP contribution >= 0.6 is 0 Å². The Hall–Kier alpha value is -1.13. The van der Waals surface area contributed by atoms with Crippen molar-refractivity contribution >= 4 is 5.69 Å². The van der Waals surface area contributed by atoms with Crippen molar-refractivity contribution in [1.29, 1.82) is 0 Å². The second-order valence-electron chi connectivity index (χ2n) is 7.09. The number of pyridine rings is 1. The van der Waals surface area contributed by atoms with Crippen molar-refractivity contribution in [2.75, 3.05) is 25.1 Å². The van der Waals surface area contributed by atoms with E-state index in [2.05, 4.69) is 49.0 Å². The fourth-order valence-corrected chi connectivity index (χ4v) is 2.77. The molecule has 1 saturated heterocycles. The lowest BCUT2D eigenvalue weighted by Crippen LogP contribution is -2.44. The summed E-state index contributed by atoms with van der Waals surface area (Å²) in [6.45, 7) is 11.7. The summed E-state index contributed by atoms with van der Waals surface area (Å²) in [6.07, 6.45) is 5.34. The van der Waals surface area contributed by atoms with Gasteiger partial charge in [-0.2, -0.15) is 0 Å². The number of aromatic nitrogens is 1. The summed E-state index contributed by atoms with van der Waals surface area (Å²) in [7, 11) is 1.82. The zero-order valence-corrected chi connectivity index (χ0v) is 14.0. The Morgan fingerprint density at radius 1 is 1.43 bits per heavy atom. The molecule has 0 aliphatic carbocycles. The van der Waals surface area contributed by atoms with E-state index in [1.807, 2.05) is 19.5 Å². The lowest BCUT2D eigenvalue weighted by Gasteiger charge is -2.38. The molecule has 1 aromatic heterocycles. The predicted molar refractivity (Wildman–Crippen MR) is 87.6 cm³/mol. The van der Waals surface area contributed by atoms with Crippen LogP contribution in [0.1, 0.15) is 39.7 Å².